The van der Waals surface area contributed by atoms with E-state index in [-0.39, 0.29) is 17.2 Å². The molecule has 2 aromatic heterocycles. The van der Waals surface area contributed by atoms with E-state index < -0.39 is 0 Å². The van der Waals surface area contributed by atoms with Crippen LogP contribution in [0.1, 0.15) is 20.8 Å². The first-order chi connectivity index (χ1) is 14.0. The van der Waals surface area contributed by atoms with Crippen molar-refractivity contribution in [2.24, 2.45) is 0 Å². The quantitative estimate of drug-likeness (QED) is 0.560. The van der Waals surface area contributed by atoms with Crippen LogP contribution >= 0.6 is 11.3 Å². The van der Waals surface area contributed by atoms with Crippen LogP contribution in [0.4, 0.5) is 5.69 Å². The Morgan fingerprint density at radius 1 is 1.14 bits per heavy atom. The second kappa shape index (κ2) is 7.52. The minimum absolute atomic E-state index is 0.135. The van der Waals surface area contributed by atoms with Gasteiger partial charge in [-0.2, -0.15) is 0 Å². The van der Waals surface area contributed by atoms with E-state index in [2.05, 4.69) is 4.98 Å². The van der Waals surface area contributed by atoms with Crippen molar-refractivity contribution in [3.8, 4) is 5.75 Å². The third-order valence-electron chi connectivity index (χ3n) is 4.85. The van der Waals surface area contributed by atoms with Gasteiger partial charge in [-0.25, -0.2) is 4.98 Å². The number of fused-ring (bicyclic) bond motifs is 1. The van der Waals surface area contributed by atoms with Crippen molar-refractivity contribution in [3.05, 3.63) is 87.3 Å². The molecule has 0 aliphatic heterocycles. The molecule has 2 heterocycles. The zero-order valence-electron chi connectivity index (χ0n) is 16.0. The van der Waals surface area contributed by atoms with E-state index in [1.807, 2.05) is 30.3 Å². The number of phenolic OH excluding ortho intramolecular Hbond substituents is 1. The molecule has 0 aliphatic rings. The predicted octanol–water partition coefficient (Wildman–Crippen LogP) is 3.80. The SMILES string of the molecule is Cc1c(C(=O)N(C)c2ccc(O)cc2)sc2ncn(Cc3ccccc3)c(=O)c12. The van der Waals surface area contributed by atoms with E-state index >= 15 is 0 Å². The van der Waals surface area contributed by atoms with Crippen molar-refractivity contribution >= 4 is 33.1 Å². The van der Waals surface area contributed by atoms with Gasteiger partial charge in [0.25, 0.3) is 11.5 Å². The number of benzene rings is 2. The topological polar surface area (TPSA) is 75.4 Å². The fourth-order valence-electron chi connectivity index (χ4n) is 3.20. The molecule has 4 rings (SSSR count). The molecule has 2 aromatic carbocycles. The van der Waals surface area contributed by atoms with Gasteiger partial charge in [0.1, 0.15) is 10.6 Å². The third-order valence-corrected chi connectivity index (χ3v) is 6.04. The first kappa shape index (κ1) is 18.9. The van der Waals surface area contributed by atoms with E-state index in [1.54, 1.807) is 30.7 Å². The number of anilines is 1. The number of phenols is 1. The summed E-state index contributed by atoms with van der Waals surface area (Å²) in [6, 6.07) is 16.1. The first-order valence-electron chi connectivity index (χ1n) is 9.05. The predicted molar refractivity (Wildman–Crippen MR) is 115 cm³/mol. The van der Waals surface area contributed by atoms with Crippen LogP contribution in [-0.4, -0.2) is 27.6 Å². The highest BCUT2D eigenvalue weighted by atomic mass is 32.1. The highest BCUT2D eigenvalue weighted by Gasteiger charge is 2.22. The molecule has 6 nitrogen and oxygen atoms in total. The molecule has 0 atom stereocenters. The maximum absolute atomic E-state index is 13.0. The molecule has 0 spiro atoms. The molecule has 1 N–H and O–H groups in total. The second-order valence-electron chi connectivity index (χ2n) is 6.78. The molecule has 0 unspecified atom stereocenters. The van der Waals surface area contributed by atoms with Gasteiger partial charge in [-0.15, -0.1) is 11.3 Å². The van der Waals surface area contributed by atoms with Gasteiger partial charge in [-0.1, -0.05) is 30.3 Å². The second-order valence-corrected chi connectivity index (χ2v) is 7.78. The minimum atomic E-state index is -0.217. The number of aryl methyl sites for hydroxylation is 1. The van der Waals surface area contributed by atoms with E-state index in [9.17, 15) is 14.7 Å². The number of rotatable bonds is 4. The van der Waals surface area contributed by atoms with Crippen LogP contribution < -0.4 is 10.5 Å². The zero-order chi connectivity index (χ0) is 20.5. The minimum Gasteiger partial charge on any atom is -0.508 e. The van der Waals surface area contributed by atoms with Crippen LogP contribution in [0.25, 0.3) is 10.2 Å². The maximum Gasteiger partial charge on any atom is 0.268 e. The monoisotopic (exact) mass is 405 g/mol. The number of aromatic hydroxyl groups is 1. The molecule has 29 heavy (non-hydrogen) atoms. The van der Waals surface area contributed by atoms with Gasteiger partial charge in [-0.05, 0) is 42.3 Å². The molecule has 0 saturated carbocycles. The molecule has 0 radical (unpaired) electrons. The van der Waals surface area contributed by atoms with Crippen molar-refractivity contribution in [2.75, 3.05) is 11.9 Å². The van der Waals surface area contributed by atoms with Gasteiger partial charge in [0.2, 0.25) is 0 Å². The molecular formula is C22H19N3O3S. The highest BCUT2D eigenvalue weighted by molar-refractivity contribution is 7.20. The summed E-state index contributed by atoms with van der Waals surface area (Å²) in [7, 11) is 1.67. The van der Waals surface area contributed by atoms with Crippen LogP contribution in [0.2, 0.25) is 0 Å². The molecule has 0 saturated heterocycles. The molecule has 7 heteroatoms. The standard InChI is InChI=1S/C22H19N3O3S/c1-14-18-20(23-13-25(21(18)27)12-15-6-4-3-5-7-15)29-19(14)22(28)24(2)16-8-10-17(26)11-9-16/h3-11,13,26H,12H2,1-2H3. The molecule has 0 aliphatic carbocycles. The van der Waals surface area contributed by atoms with Crippen LogP contribution in [0.3, 0.4) is 0 Å². The Morgan fingerprint density at radius 2 is 1.83 bits per heavy atom. The Labute approximate surface area is 171 Å². The fourth-order valence-corrected chi connectivity index (χ4v) is 4.32. The van der Waals surface area contributed by atoms with Crippen molar-refractivity contribution < 1.29 is 9.90 Å². The number of amides is 1. The number of hydrogen-bond acceptors (Lipinski definition) is 5. The Balaban J connectivity index is 1.72. The Kier molecular flexibility index (Phi) is 4.90. The lowest BCUT2D eigenvalue weighted by Crippen LogP contribution is -2.26. The fraction of sp³-hybridized carbons (Fsp3) is 0.136. The van der Waals surface area contributed by atoms with Gasteiger partial charge in [0.05, 0.1) is 23.1 Å². The summed E-state index contributed by atoms with van der Waals surface area (Å²) >= 11 is 1.22. The summed E-state index contributed by atoms with van der Waals surface area (Å²) in [5.74, 6) is -0.0824. The highest BCUT2D eigenvalue weighted by Crippen LogP contribution is 2.29. The molecular weight excluding hydrogens is 386 g/mol. The van der Waals surface area contributed by atoms with Gasteiger partial charge >= 0.3 is 0 Å². The van der Waals surface area contributed by atoms with Gasteiger partial charge in [0.15, 0.2) is 0 Å². The van der Waals surface area contributed by atoms with Crippen LogP contribution in [0, 0.1) is 6.92 Å². The number of hydrogen-bond donors (Lipinski definition) is 1. The number of nitrogens with zero attached hydrogens (tertiary/aromatic N) is 3. The summed E-state index contributed by atoms with van der Waals surface area (Å²) in [6.07, 6.45) is 1.53. The van der Waals surface area contributed by atoms with Crippen LogP contribution in [0.5, 0.6) is 5.75 Å². The van der Waals surface area contributed by atoms with E-state index in [4.69, 9.17) is 0 Å². The summed E-state index contributed by atoms with van der Waals surface area (Å²) in [4.78, 5) is 33.1. The maximum atomic E-state index is 13.0. The molecule has 0 bridgehead atoms. The largest absolute Gasteiger partial charge is 0.508 e. The Hall–Kier alpha value is -3.45. The Bertz CT molecular complexity index is 1240. The van der Waals surface area contributed by atoms with Gasteiger partial charge in [0, 0.05) is 12.7 Å². The van der Waals surface area contributed by atoms with Crippen molar-refractivity contribution in [1.82, 2.24) is 9.55 Å². The average Bonchev–Trinajstić information content (AvgIpc) is 3.07. The van der Waals surface area contributed by atoms with Gasteiger partial charge in [-0.3, -0.25) is 14.2 Å². The van der Waals surface area contributed by atoms with Crippen LogP contribution in [0.15, 0.2) is 65.7 Å². The Morgan fingerprint density at radius 3 is 2.52 bits per heavy atom. The van der Waals surface area contributed by atoms with Crippen LogP contribution in [-0.2, 0) is 6.54 Å². The molecule has 1 amide bonds. The van der Waals surface area contributed by atoms with Gasteiger partial charge < -0.3 is 10.0 Å². The van der Waals surface area contributed by atoms with E-state index in [0.717, 1.165) is 5.56 Å². The van der Waals surface area contributed by atoms with E-state index in [1.165, 1.54) is 34.7 Å². The smallest absolute Gasteiger partial charge is 0.268 e. The normalized spacial score (nSPS) is 11.0. The van der Waals surface area contributed by atoms with Crippen molar-refractivity contribution in [3.63, 3.8) is 0 Å². The van der Waals surface area contributed by atoms with E-state index in [0.29, 0.717) is 32.9 Å². The van der Waals surface area contributed by atoms with Crippen molar-refractivity contribution in [1.29, 1.82) is 0 Å². The molecule has 146 valence electrons. The number of aromatic nitrogens is 2. The summed E-state index contributed by atoms with van der Waals surface area (Å²) in [6.45, 7) is 2.21. The zero-order valence-corrected chi connectivity index (χ0v) is 16.8. The first-order valence-corrected chi connectivity index (χ1v) is 9.87. The lowest BCUT2D eigenvalue weighted by Gasteiger charge is -2.16. The molecule has 0 fully saturated rings. The lowest BCUT2D eigenvalue weighted by atomic mass is 10.2. The number of carbonyl (C=O) groups is 1. The third kappa shape index (κ3) is 3.52. The molecule has 4 aromatic rings. The summed E-state index contributed by atoms with van der Waals surface area (Å²) in [5, 5.41) is 9.93. The number of carbonyl (C=O) groups excluding carboxylic acids is 1. The average molecular weight is 405 g/mol. The lowest BCUT2D eigenvalue weighted by molar-refractivity contribution is 0.0996. The summed E-state index contributed by atoms with van der Waals surface area (Å²) in [5.41, 5.74) is 2.14. The van der Waals surface area contributed by atoms with Crippen molar-refractivity contribution in [2.45, 2.75) is 13.5 Å². The summed E-state index contributed by atoms with van der Waals surface area (Å²) < 4.78 is 1.56. The number of thiophene rings is 1.